The molecular formula is C11H15NO2. The molecule has 0 saturated heterocycles. The van der Waals surface area contributed by atoms with E-state index in [1.165, 1.54) is 12.1 Å². The number of aromatic hydroxyl groups is 1. The summed E-state index contributed by atoms with van der Waals surface area (Å²) in [6.07, 6.45) is 0. The summed E-state index contributed by atoms with van der Waals surface area (Å²) in [6.45, 7) is 4.74. The average molecular weight is 193 g/mol. The summed E-state index contributed by atoms with van der Waals surface area (Å²) >= 11 is 0. The first-order chi connectivity index (χ1) is 6.59. The number of hydrogen-bond acceptors (Lipinski definition) is 2. The molecule has 76 valence electrons. The van der Waals surface area contributed by atoms with Gasteiger partial charge >= 0.3 is 0 Å². The van der Waals surface area contributed by atoms with E-state index in [-0.39, 0.29) is 11.7 Å². The fraction of sp³-hybridized carbons (Fsp3) is 0.364. The lowest BCUT2D eigenvalue weighted by atomic mass is 10.2. The topological polar surface area (TPSA) is 49.3 Å². The predicted molar refractivity (Wildman–Crippen MR) is 55.3 cm³/mol. The first-order valence-electron chi connectivity index (χ1n) is 4.67. The first kappa shape index (κ1) is 10.6. The molecule has 0 aliphatic heterocycles. The van der Waals surface area contributed by atoms with E-state index in [9.17, 15) is 4.79 Å². The summed E-state index contributed by atoms with van der Waals surface area (Å²) in [5, 5.41) is 11.8. The molecule has 0 spiro atoms. The maximum atomic E-state index is 11.5. The van der Waals surface area contributed by atoms with Gasteiger partial charge in [-0.1, -0.05) is 13.8 Å². The summed E-state index contributed by atoms with van der Waals surface area (Å²) in [4.78, 5) is 11.5. The van der Waals surface area contributed by atoms with Crippen LogP contribution in [0.3, 0.4) is 0 Å². The Balaban J connectivity index is 2.57. The molecule has 1 aromatic carbocycles. The molecule has 1 amide bonds. The maximum Gasteiger partial charge on any atom is 0.251 e. The van der Waals surface area contributed by atoms with Gasteiger partial charge in [-0.05, 0) is 30.2 Å². The minimum Gasteiger partial charge on any atom is -0.508 e. The van der Waals surface area contributed by atoms with E-state index in [1.54, 1.807) is 12.1 Å². The zero-order valence-corrected chi connectivity index (χ0v) is 8.45. The third-order valence-electron chi connectivity index (χ3n) is 1.80. The molecule has 1 rings (SSSR count). The Hall–Kier alpha value is -1.51. The van der Waals surface area contributed by atoms with Gasteiger partial charge in [0.25, 0.3) is 5.91 Å². The Kier molecular flexibility index (Phi) is 3.51. The van der Waals surface area contributed by atoms with Crippen molar-refractivity contribution in [3.05, 3.63) is 29.8 Å². The van der Waals surface area contributed by atoms with E-state index in [4.69, 9.17) is 5.11 Å². The minimum atomic E-state index is -0.0984. The van der Waals surface area contributed by atoms with Gasteiger partial charge in [-0.25, -0.2) is 0 Å². The predicted octanol–water partition coefficient (Wildman–Crippen LogP) is 1.78. The molecule has 0 radical (unpaired) electrons. The second-order valence-corrected chi connectivity index (χ2v) is 3.65. The number of nitrogens with one attached hydrogen (secondary N) is 1. The molecule has 1 aromatic rings. The van der Waals surface area contributed by atoms with E-state index in [2.05, 4.69) is 5.32 Å². The van der Waals surface area contributed by atoms with Gasteiger partial charge < -0.3 is 10.4 Å². The normalized spacial score (nSPS) is 10.2. The van der Waals surface area contributed by atoms with Gasteiger partial charge in [0.1, 0.15) is 5.75 Å². The monoisotopic (exact) mass is 193 g/mol. The number of carbonyl (C=O) groups excluding carboxylic acids is 1. The minimum absolute atomic E-state index is 0.0984. The lowest BCUT2D eigenvalue weighted by Gasteiger charge is -2.07. The Labute approximate surface area is 83.8 Å². The molecule has 0 aliphatic carbocycles. The number of phenols is 1. The van der Waals surface area contributed by atoms with Crippen molar-refractivity contribution < 1.29 is 9.90 Å². The highest BCUT2D eigenvalue weighted by atomic mass is 16.3. The van der Waals surface area contributed by atoms with Crippen LogP contribution in [0.4, 0.5) is 0 Å². The fourth-order valence-corrected chi connectivity index (χ4v) is 1.01. The first-order valence-corrected chi connectivity index (χ1v) is 4.67. The highest BCUT2D eigenvalue weighted by molar-refractivity contribution is 5.94. The standard InChI is InChI=1S/C11H15NO2/c1-8(2)7-12-11(14)9-3-5-10(13)6-4-9/h3-6,8,13H,7H2,1-2H3,(H,12,14). The number of carbonyl (C=O) groups is 1. The summed E-state index contributed by atoms with van der Waals surface area (Å²) in [7, 11) is 0. The highest BCUT2D eigenvalue weighted by Crippen LogP contribution is 2.09. The number of amides is 1. The van der Waals surface area contributed by atoms with Crippen molar-refractivity contribution >= 4 is 5.91 Å². The van der Waals surface area contributed by atoms with Crippen LogP contribution in [0.2, 0.25) is 0 Å². The van der Waals surface area contributed by atoms with Crippen molar-refractivity contribution in [3.63, 3.8) is 0 Å². The number of hydrogen-bond donors (Lipinski definition) is 2. The maximum absolute atomic E-state index is 11.5. The fourth-order valence-electron chi connectivity index (χ4n) is 1.01. The molecule has 0 heterocycles. The van der Waals surface area contributed by atoms with E-state index >= 15 is 0 Å². The van der Waals surface area contributed by atoms with Crippen LogP contribution in [0.25, 0.3) is 0 Å². The van der Waals surface area contributed by atoms with Gasteiger partial charge in [0, 0.05) is 12.1 Å². The molecule has 0 fully saturated rings. The van der Waals surface area contributed by atoms with Gasteiger partial charge in [-0.2, -0.15) is 0 Å². The van der Waals surface area contributed by atoms with Crippen LogP contribution in [-0.2, 0) is 0 Å². The molecule has 0 unspecified atom stereocenters. The number of phenolic OH excluding ortho intramolecular Hbond substituents is 1. The molecule has 0 saturated carbocycles. The third-order valence-corrected chi connectivity index (χ3v) is 1.80. The van der Waals surface area contributed by atoms with Crippen molar-refractivity contribution in [2.45, 2.75) is 13.8 Å². The number of rotatable bonds is 3. The third kappa shape index (κ3) is 3.09. The largest absolute Gasteiger partial charge is 0.508 e. The van der Waals surface area contributed by atoms with Gasteiger partial charge in [0.2, 0.25) is 0 Å². The van der Waals surface area contributed by atoms with Crippen molar-refractivity contribution in [2.75, 3.05) is 6.54 Å². The second kappa shape index (κ2) is 4.65. The molecule has 2 N–H and O–H groups in total. The van der Waals surface area contributed by atoms with Crippen molar-refractivity contribution in [2.24, 2.45) is 5.92 Å². The Morgan fingerprint density at radius 2 is 1.93 bits per heavy atom. The van der Waals surface area contributed by atoms with Gasteiger partial charge in [-0.15, -0.1) is 0 Å². The van der Waals surface area contributed by atoms with E-state index < -0.39 is 0 Å². The average Bonchev–Trinajstić information content (AvgIpc) is 2.15. The van der Waals surface area contributed by atoms with Crippen LogP contribution in [-0.4, -0.2) is 17.6 Å². The van der Waals surface area contributed by atoms with Crippen LogP contribution in [0.1, 0.15) is 24.2 Å². The van der Waals surface area contributed by atoms with Crippen LogP contribution >= 0.6 is 0 Å². The van der Waals surface area contributed by atoms with Gasteiger partial charge in [0.05, 0.1) is 0 Å². The highest BCUT2D eigenvalue weighted by Gasteiger charge is 2.04. The van der Waals surface area contributed by atoms with Crippen LogP contribution in [0.5, 0.6) is 5.75 Å². The lowest BCUT2D eigenvalue weighted by molar-refractivity contribution is 0.0949. The van der Waals surface area contributed by atoms with Crippen molar-refractivity contribution in [3.8, 4) is 5.75 Å². The smallest absolute Gasteiger partial charge is 0.251 e. The molecule has 0 bridgehead atoms. The SMILES string of the molecule is CC(C)CNC(=O)c1ccc(O)cc1. The van der Waals surface area contributed by atoms with Crippen LogP contribution < -0.4 is 5.32 Å². The van der Waals surface area contributed by atoms with Gasteiger partial charge in [-0.3, -0.25) is 4.79 Å². The Morgan fingerprint density at radius 1 is 1.36 bits per heavy atom. The van der Waals surface area contributed by atoms with Gasteiger partial charge in [0.15, 0.2) is 0 Å². The summed E-state index contributed by atoms with van der Waals surface area (Å²) in [6, 6.07) is 6.21. The molecule has 0 aliphatic rings. The Morgan fingerprint density at radius 3 is 2.43 bits per heavy atom. The van der Waals surface area contributed by atoms with E-state index in [0.717, 1.165) is 0 Å². The summed E-state index contributed by atoms with van der Waals surface area (Å²) < 4.78 is 0. The summed E-state index contributed by atoms with van der Waals surface area (Å²) in [5.74, 6) is 0.514. The molecule has 3 heteroatoms. The zero-order valence-electron chi connectivity index (χ0n) is 8.45. The molecular weight excluding hydrogens is 178 g/mol. The van der Waals surface area contributed by atoms with Crippen molar-refractivity contribution in [1.29, 1.82) is 0 Å². The summed E-state index contributed by atoms with van der Waals surface area (Å²) in [5.41, 5.74) is 0.573. The zero-order chi connectivity index (χ0) is 10.6. The lowest BCUT2D eigenvalue weighted by Crippen LogP contribution is -2.27. The Bertz CT molecular complexity index is 304. The second-order valence-electron chi connectivity index (χ2n) is 3.65. The quantitative estimate of drug-likeness (QED) is 0.768. The molecule has 3 nitrogen and oxygen atoms in total. The molecule has 14 heavy (non-hydrogen) atoms. The van der Waals surface area contributed by atoms with Crippen molar-refractivity contribution in [1.82, 2.24) is 5.32 Å². The molecule has 0 aromatic heterocycles. The van der Waals surface area contributed by atoms with Crippen LogP contribution in [0.15, 0.2) is 24.3 Å². The van der Waals surface area contributed by atoms with E-state index in [0.29, 0.717) is 18.0 Å². The number of benzene rings is 1. The van der Waals surface area contributed by atoms with Crippen LogP contribution in [0, 0.1) is 5.92 Å². The molecule has 0 atom stereocenters. The van der Waals surface area contributed by atoms with E-state index in [1.807, 2.05) is 13.8 Å².